The molecule has 2 atom stereocenters. The molecule has 0 saturated heterocycles. The Kier molecular flexibility index (Phi) is 2.67. The summed E-state index contributed by atoms with van der Waals surface area (Å²) in [5.74, 6) is 0.601. The van der Waals surface area contributed by atoms with E-state index < -0.39 is 0 Å². The molecule has 0 aromatic carbocycles. The van der Waals surface area contributed by atoms with Gasteiger partial charge in [-0.25, -0.2) is 4.98 Å². The molecule has 1 heterocycles. The minimum Gasteiger partial charge on any atom is -0.327 e. The Morgan fingerprint density at radius 3 is 2.73 bits per heavy atom. The van der Waals surface area contributed by atoms with E-state index in [9.17, 15) is 0 Å². The van der Waals surface area contributed by atoms with E-state index in [-0.39, 0.29) is 7.43 Å². The minimum absolute atomic E-state index is 0. The first-order valence-electron chi connectivity index (χ1n) is 3.14. The van der Waals surface area contributed by atoms with Crippen LogP contribution in [0.4, 0.5) is 0 Å². The van der Waals surface area contributed by atoms with Crippen LogP contribution in [-0.4, -0.2) is 11.0 Å². The van der Waals surface area contributed by atoms with Gasteiger partial charge in [0, 0.05) is 23.0 Å². The molecule has 0 aliphatic heterocycles. The number of thiazole rings is 1. The summed E-state index contributed by atoms with van der Waals surface area (Å²) in [6, 6.07) is 0.396. The Hall–Kier alpha value is 0.0700. The van der Waals surface area contributed by atoms with Crippen molar-refractivity contribution in [3.63, 3.8) is 0 Å². The van der Waals surface area contributed by atoms with Crippen LogP contribution in [0.15, 0.2) is 10.1 Å². The number of aromatic nitrogens is 1. The zero-order valence-electron chi connectivity index (χ0n) is 5.25. The lowest BCUT2D eigenvalue weighted by molar-refractivity contribution is 1.00. The molecule has 2 rings (SSSR count). The summed E-state index contributed by atoms with van der Waals surface area (Å²) in [4.78, 5) is 5.41. The quantitative estimate of drug-likeness (QED) is 0.811. The fraction of sp³-hybridized carbons (Fsp3) is 0.571. The van der Waals surface area contributed by atoms with Crippen molar-refractivity contribution in [3.05, 3.63) is 15.0 Å². The molecule has 0 unspecified atom stereocenters. The van der Waals surface area contributed by atoms with Gasteiger partial charge in [-0.3, -0.25) is 0 Å². The van der Waals surface area contributed by atoms with Crippen LogP contribution in [0.25, 0.3) is 0 Å². The Bertz CT molecular complexity index is 248. The second-order valence-electron chi connectivity index (χ2n) is 2.52. The van der Waals surface area contributed by atoms with E-state index in [1.54, 1.807) is 11.3 Å². The van der Waals surface area contributed by atoms with Crippen LogP contribution in [0, 0.1) is 0 Å². The van der Waals surface area contributed by atoms with E-state index in [1.807, 2.05) is 6.20 Å². The fourth-order valence-corrected chi connectivity index (χ4v) is 2.47. The highest BCUT2D eigenvalue weighted by Crippen LogP contribution is 2.42. The smallest absolute Gasteiger partial charge is 0.159 e. The van der Waals surface area contributed by atoms with E-state index in [1.165, 1.54) is 4.88 Å². The molecule has 1 aromatic heterocycles. The van der Waals surface area contributed by atoms with Gasteiger partial charge in [-0.2, -0.15) is 0 Å². The maximum absolute atomic E-state index is 5.67. The van der Waals surface area contributed by atoms with Crippen molar-refractivity contribution in [2.24, 2.45) is 5.73 Å². The molecule has 62 valence electrons. The molecule has 4 heteroatoms. The van der Waals surface area contributed by atoms with E-state index in [4.69, 9.17) is 5.73 Å². The Balaban J connectivity index is 0.000000605. The Morgan fingerprint density at radius 2 is 2.36 bits per heavy atom. The molecule has 1 fully saturated rings. The molecular weight excluding hydrogens is 224 g/mol. The van der Waals surface area contributed by atoms with E-state index in [0.29, 0.717) is 12.0 Å². The molecule has 2 nitrogen and oxygen atoms in total. The lowest BCUT2D eigenvalue weighted by Gasteiger charge is -1.85. The first-order valence-corrected chi connectivity index (χ1v) is 4.75. The number of nitrogens with two attached hydrogens (primary N) is 1. The second kappa shape index (κ2) is 3.21. The van der Waals surface area contributed by atoms with Crippen molar-refractivity contribution in [2.75, 3.05) is 0 Å². The maximum atomic E-state index is 5.67. The minimum atomic E-state index is 0. The molecule has 1 aliphatic rings. The molecule has 2 N–H and O–H groups in total. The molecule has 0 spiro atoms. The van der Waals surface area contributed by atoms with Crippen molar-refractivity contribution < 1.29 is 0 Å². The van der Waals surface area contributed by atoms with Gasteiger partial charge in [0.15, 0.2) is 3.92 Å². The lowest BCUT2D eigenvalue weighted by Crippen LogP contribution is -1.99. The highest BCUT2D eigenvalue weighted by atomic mass is 79.9. The SMILES string of the molecule is C.N[C@H]1C[C@@H]1c1cnc(Br)s1. The summed E-state index contributed by atoms with van der Waals surface area (Å²) in [6.45, 7) is 0. The number of nitrogens with zero attached hydrogens (tertiary/aromatic N) is 1. The summed E-state index contributed by atoms with van der Waals surface area (Å²) < 4.78 is 0.960. The molecule has 0 radical (unpaired) electrons. The first kappa shape index (κ1) is 9.16. The molecule has 1 aliphatic carbocycles. The van der Waals surface area contributed by atoms with Gasteiger partial charge in [0.25, 0.3) is 0 Å². The van der Waals surface area contributed by atoms with Crippen molar-refractivity contribution in [3.8, 4) is 0 Å². The summed E-state index contributed by atoms with van der Waals surface area (Å²) in [6.07, 6.45) is 3.04. The third-order valence-corrected chi connectivity index (χ3v) is 3.31. The van der Waals surface area contributed by atoms with Crippen LogP contribution in [0.2, 0.25) is 0 Å². The summed E-state index contributed by atoms with van der Waals surface area (Å²) in [5.41, 5.74) is 5.67. The Morgan fingerprint density at radius 1 is 1.73 bits per heavy atom. The molecular formula is C7H11BrN2S. The predicted octanol–water partition coefficient (Wildman–Crippen LogP) is 2.36. The topological polar surface area (TPSA) is 38.9 Å². The van der Waals surface area contributed by atoms with Crippen LogP contribution in [0.1, 0.15) is 24.6 Å². The van der Waals surface area contributed by atoms with Crippen LogP contribution >= 0.6 is 27.3 Å². The van der Waals surface area contributed by atoms with Crippen LogP contribution in [0.3, 0.4) is 0 Å². The van der Waals surface area contributed by atoms with E-state index in [2.05, 4.69) is 20.9 Å². The van der Waals surface area contributed by atoms with Crippen LogP contribution in [-0.2, 0) is 0 Å². The maximum Gasteiger partial charge on any atom is 0.159 e. The molecule has 11 heavy (non-hydrogen) atoms. The molecule has 1 aromatic rings. The van der Waals surface area contributed by atoms with Gasteiger partial charge in [-0.05, 0) is 22.4 Å². The molecule has 0 amide bonds. The van der Waals surface area contributed by atoms with Crippen molar-refractivity contribution >= 4 is 27.3 Å². The zero-order chi connectivity index (χ0) is 7.14. The van der Waals surface area contributed by atoms with Gasteiger partial charge in [0.1, 0.15) is 0 Å². The average Bonchev–Trinajstić information content (AvgIpc) is 2.42. The van der Waals surface area contributed by atoms with Gasteiger partial charge in [-0.15, -0.1) is 11.3 Å². The summed E-state index contributed by atoms with van der Waals surface area (Å²) in [5, 5.41) is 0. The predicted molar refractivity (Wildman–Crippen MR) is 51.9 cm³/mol. The fourth-order valence-electron chi connectivity index (χ4n) is 0.978. The van der Waals surface area contributed by atoms with Gasteiger partial charge >= 0.3 is 0 Å². The van der Waals surface area contributed by atoms with E-state index >= 15 is 0 Å². The first-order chi connectivity index (χ1) is 4.77. The van der Waals surface area contributed by atoms with Crippen LogP contribution in [0.5, 0.6) is 0 Å². The highest BCUT2D eigenvalue weighted by molar-refractivity contribution is 9.11. The third-order valence-electron chi connectivity index (χ3n) is 1.70. The van der Waals surface area contributed by atoms with Crippen molar-refractivity contribution in [2.45, 2.75) is 25.8 Å². The largest absolute Gasteiger partial charge is 0.327 e. The van der Waals surface area contributed by atoms with Crippen molar-refractivity contribution in [1.29, 1.82) is 0 Å². The van der Waals surface area contributed by atoms with Crippen molar-refractivity contribution in [1.82, 2.24) is 4.98 Å². The molecule has 0 bridgehead atoms. The zero-order valence-corrected chi connectivity index (χ0v) is 7.65. The summed E-state index contributed by atoms with van der Waals surface area (Å²) in [7, 11) is 0. The van der Waals surface area contributed by atoms with E-state index in [0.717, 1.165) is 10.3 Å². The van der Waals surface area contributed by atoms with Gasteiger partial charge in [0.2, 0.25) is 0 Å². The second-order valence-corrected chi connectivity index (χ2v) is 4.86. The van der Waals surface area contributed by atoms with Gasteiger partial charge < -0.3 is 5.73 Å². The normalized spacial score (nSPS) is 27.8. The number of hydrogen-bond donors (Lipinski definition) is 1. The monoisotopic (exact) mass is 234 g/mol. The average molecular weight is 235 g/mol. The highest BCUT2D eigenvalue weighted by Gasteiger charge is 2.36. The van der Waals surface area contributed by atoms with Crippen LogP contribution < -0.4 is 5.73 Å². The number of rotatable bonds is 1. The lowest BCUT2D eigenvalue weighted by atomic mass is 10.4. The Labute approximate surface area is 79.0 Å². The van der Waals surface area contributed by atoms with Gasteiger partial charge in [-0.1, -0.05) is 7.43 Å². The number of hydrogen-bond acceptors (Lipinski definition) is 3. The number of halogens is 1. The van der Waals surface area contributed by atoms with Gasteiger partial charge in [0.05, 0.1) is 0 Å². The summed E-state index contributed by atoms with van der Waals surface area (Å²) >= 11 is 5.00. The third kappa shape index (κ3) is 1.80. The standard InChI is InChI=1S/C6H7BrN2S.CH4/c7-6-9-2-5(10-6)3-1-4(3)8;/h2-4H,1,8H2;1H4/t3-,4-;/m0./s1. The molecule has 1 saturated carbocycles.